The van der Waals surface area contributed by atoms with Crippen molar-refractivity contribution in [3.63, 3.8) is 0 Å². The van der Waals surface area contributed by atoms with Crippen molar-refractivity contribution in [2.24, 2.45) is 5.73 Å². The smallest absolute Gasteiger partial charge is 0.229 e. The highest BCUT2D eigenvalue weighted by atomic mass is 15.3. The van der Waals surface area contributed by atoms with Gasteiger partial charge in [-0.15, -0.1) is 0 Å². The summed E-state index contributed by atoms with van der Waals surface area (Å²) in [4.78, 5) is 22.1. The summed E-state index contributed by atoms with van der Waals surface area (Å²) in [6.07, 6.45) is 15.8. The molecule has 0 unspecified atom stereocenters. The zero-order valence-corrected chi connectivity index (χ0v) is 26.9. The van der Waals surface area contributed by atoms with Crippen molar-refractivity contribution in [2.45, 2.75) is 59.3 Å². The maximum absolute atomic E-state index is 4.75. The van der Waals surface area contributed by atoms with Crippen LogP contribution in [0.15, 0.2) is 68.0 Å². The fourth-order valence-electron chi connectivity index (χ4n) is 5.65. The summed E-state index contributed by atoms with van der Waals surface area (Å²) in [5.41, 5.74) is 11.0. The molecule has 4 N–H and O–H groups in total. The number of pyridine rings is 2. The molecular weight excluding hydrogens is 548 g/mol. The van der Waals surface area contributed by atoms with Crippen molar-refractivity contribution in [1.29, 1.82) is 0 Å². The van der Waals surface area contributed by atoms with Gasteiger partial charge in [-0.3, -0.25) is 0 Å². The molecule has 0 aromatic carbocycles. The second-order valence-electron chi connectivity index (χ2n) is 10.8. The molecule has 0 spiro atoms. The van der Waals surface area contributed by atoms with Crippen molar-refractivity contribution >= 4 is 34.0 Å². The lowest BCUT2D eigenvalue weighted by molar-refractivity contribution is 0.312. The second-order valence-corrected chi connectivity index (χ2v) is 10.8. The first-order valence-corrected chi connectivity index (χ1v) is 15.9. The van der Waals surface area contributed by atoms with Gasteiger partial charge >= 0.3 is 0 Å². The third kappa shape index (κ3) is 7.55. The van der Waals surface area contributed by atoms with Crippen molar-refractivity contribution in [3.05, 3.63) is 73.6 Å². The minimum absolute atomic E-state index is 0.540. The first kappa shape index (κ1) is 32.5. The van der Waals surface area contributed by atoms with Crippen LogP contribution in [0.5, 0.6) is 0 Å². The van der Waals surface area contributed by atoms with Crippen LogP contribution in [-0.2, 0) is 0 Å². The summed E-state index contributed by atoms with van der Waals surface area (Å²) in [7, 11) is 2.16. The van der Waals surface area contributed by atoms with Gasteiger partial charge in [0.15, 0.2) is 0 Å². The van der Waals surface area contributed by atoms with Crippen LogP contribution in [0.2, 0.25) is 0 Å². The van der Waals surface area contributed by atoms with E-state index in [0.29, 0.717) is 11.9 Å². The molecule has 6 heterocycles. The fraction of sp³-hybridized carbons (Fsp3) is 0.412. The number of aromatic nitrogens is 6. The maximum atomic E-state index is 4.75. The number of hydrogen-bond acceptors (Lipinski definition) is 8. The Morgan fingerprint density at radius 1 is 1.02 bits per heavy atom. The Kier molecular flexibility index (Phi) is 11.7. The van der Waals surface area contributed by atoms with E-state index >= 15 is 0 Å². The van der Waals surface area contributed by atoms with Crippen molar-refractivity contribution in [3.8, 4) is 11.1 Å². The average Bonchev–Trinajstić information content (AvgIpc) is 3.67. The minimum Gasteiger partial charge on any atom is -0.405 e. The Bertz CT molecular complexity index is 1590. The number of likely N-dealkylation sites (N-methyl/N-ethyl adjacent to an activating group) is 1. The standard InChI is InChI=1S/C30H37N9.C2H5N.C2H6/c1-4-6-21(7-5-2)25-20-34-39-11-10-22(16-27(25)39)24-18-32-29-26(24)19-33-30(36-29)35-23-8-9-28(31-17-23)38-14-12-37(3)13-15-38;1-2-3;1-2/h8-11,16-21H,4-7,12-15H2,1-3H3,(H2,32,33,35,36);2H,1,3H2;1-2H3. The van der Waals surface area contributed by atoms with Crippen LogP contribution in [0, 0.1) is 0 Å². The molecule has 6 rings (SSSR count). The highest BCUT2D eigenvalue weighted by molar-refractivity contribution is 5.94. The fourth-order valence-corrected chi connectivity index (χ4v) is 5.65. The minimum atomic E-state index is 0.540. The SMILES string of the molecule is C=CN.CC.CCCC(CCC)c1cnn2ccc(-c3c[nH]c4nc(Nc5ccc(N6CCN(C)CC6)nc5)ncc34)cc12. The molecular formula is C34H48N10. The van der Waals surface area contributed by atoms with Crippen LogP contribution < -0.4 is 16.0 Å². The molecule has 1 fully saturated rings. The van der Waals surface area contributed by atoms with Crippen LogP contribution in [0.25, 0.3) is 27.7 Å². The van der Waals surface area contributed by atoms with Crippen LogP contribution in [0.3, 0.4) is 0 Å². The van der Waals surface area contributed by atoms with Gasteiger partial charge in [0, 0.05) is 61.3 Å². The van der Waals surface area contributed by atoms with Gasteiger partial charge in [0.2, 0.25) is 5.95 Å². The van der Waals surface area contributed by atoms with Gasteiger partial charge < -0.3 is 25.8 Å². The van der Waals surface area contributed by atoms with Gasteiger partial charge in [0.05, 0.1) is 23.6 Å². The van der Waals surface area contributed by atoms with E-state index in [1.165, 1.54) is 43.0 Å². The molecule has 0 aliphatic carbocycles. The highest BCUT2D eigenvalue weighted by Gasteiger charge is 2.18. The Balaban J connectivity index is 0.000000834. The van der Waals surface area contributed by atoms with Crippen molar-refractivity contribution in [1.82, 2.24) is 34.4 Å². The molecule has 0 atom stereocenters. The predicted molar refractivity (Wildman–Crippen MR) is 184 cm³/mol. The number of fused-ring (bicyclic) bond motifs is 2. The average molecular weight is 597 g/mol. The molecule has 5 aromatic heterocycles. The lowest BCUT2D eigenvalue weighted by Crippen LogP contribution is -2.44. The monoisotopic (exact) mass is 596 g/mol. The topological polar surface area (TPSA) is 116 Å². The molecule has 234 valence electrons. The number of aromatic amines is 1. The molecule has 1 aliphatic heterocycles. The molecule has 5 aromatic rings. The molecule has 44 heavy (non-hydrogen) atoms. The van der Waals surface area contributed by atoms with E-state index < -0.39 is 0 Å². The summed E-state index contributed by atoms with van der Waals surface area (Å²) in [5.74, 6) is 2.09. The predicted octanol–water partition coefficient (Wildman–Crippen LogP) is 6.96. The molecule has 1 aliphatic rings. The third-order valence-electron chi connectivity index (χ3n) is 7.84. The number of H-pyrrole nitrogens is 1. The summed E-state index contributed by atoms with van der Waals surface area (Å²) < 4.78 is 1.99. The van der Waals surface area contributed by atoms with Crippen LogP contribution in [0.4, 0.5) is 17.5 Å². The first-order valence-electron chi connectivity index (χ1n) is 15.9. The normalized spacial score (nSPS) is 13.4. The first-order chi connectivity index (χ1) is 21.5. The second kappa shape index (κ2) is 15.9. The Labute approximate surface area is 261 Å². The summed E-state index contributed by atoms with van der Waals surface area (Å²) in [6, 6.07) is 8.46. The van der Waals surface area contributed by atoms with E-state index in [1.54, 1.807) is 0 Å². The Morgan fingerprint density at radius 3 is 2.41 bits per heavy atom. The summed E-state index contributed by atoms with van der Waals surface area (Å²) in [6.45, 7) is 15.8. The zero-order chi connectivity index (χ0) is 31.5. The van der Waals surface area contributed by atoms with Crippen LogP contribution in [0.1, 0.15) is 64.9 Å². The molecule has 1 saturated heterocycles. The number of anilines is 3. The maximum Gasteiger partial charge on any atom is 0.229 e. The Morgan fingerprint density at radius 2 is 1.75 bits per heavy atom. The summed E-state index contributed by atoms with van der Waals surface area (Å²) in [5, 5.41) is 8.94. The van der Waals surface area contributed by atoms with E-state index in [0.717, 1.165) is 59.8 Å². The van der Waals surface area contributed by atoms with Gasteiger partial charge in [-0.2, -0.15) is 10.1 Å². The third-order valence-corrected chi connectivity index (χ3v) is 7.84. The number of nitrogens with zero attached hydrogens (tertiary/aromatic N) is 7. The number of nitrogens with one attached hydrogen (secondary N) is 2. The van der Waals surface area contributed by atoms with E-state index in [1.807, 2.05) is 43.0 Å². The van der Waals surface area contributed by atoms with Gasteiger partial charge in [-0.1, -0.05) is 47.1 Å². The number of hydrogen-bond donors (Lipinski definition) is 3. The van der Waals surface area contributed by atoms with E-state index in [4.69, 9.17) is 4.98 Å². The van der Waals surface area contributed by atoms with E-state index in [9.17, 15) is 0 Å². The van der Waals surface area contributed by atoms with Crippen LogP contribution in [-0.4, -0.2) is 67.7 Å². The van der Waals surface area contributed by atoms with E-state index in [2.05, 4.69) is 99.0 Å². The number of nitrogens with two attached hydrogens (primary N) is 1. The largest absolute Gasteiger partial charge is 0.405 e. The highest BCUT2D eigenvalue weighted by Crippen LogP contribution is 2.33. The molecule has 10 nitrogen and oxygen atoms in total. The van der Waals surface area contributed by atoms with Gasteiger partial charge in [-0.25, -0.2) is 14.5 Å². The zero-order valence-electron chi connectivity index (χ0n) is 26.9. The van der Waals surface area contributed by atoms with Gasteiger partial charge in [0.1, 0.15) is 11.5 Å². The lowest BCUT2D eigenvalue weighted by atomic mass is 9.91. The molecule has 10 heteroatoms. The van der Waals surface area contributed by atoms with Crippen LogP contribution >= 0.6 is 0 Å². The van der Waals surface area contributed by atoms with Gasteiger partial charge in [0.25, 0.3) is 0 Å². The molecule has 0 saturated carbocycles. The quantitative estimate of drug-likeness (QED) is 0.167. The van der Waals surface area contributed by atoms with E-state index in [-0.39, 0.29) is 0 Å². The molecule has 0 bridgehead atoms. The number of piperazine rings is 1. The Hall–Kier alpha value is -4.44. The van der Waals surface area contributed by atoms with Crippen molar-refractivity contribution < 1.29 is 0 Å². The number of rotatable bonds is 9. The summed E-state index contributed by atoms with van der Waals surface area (Å²) >= 11 is 0. The van der Waals surface area contributed by atoms with Crippen molar-refractivity contribution in [2.75, 3.05) is 43.4 Å². The van der Waals surface area contributed by atoms with Gasteiger partial charge in [-0.05, 0) is 61.8 Å². The molecule has 0 radical (unpaired) electrons. The molecule has 0 amide bonds. The lowest BCUT2D eigenvalue weighted by Gasteiger charge is -2.33.